The van der Waals surface area contributed by atoms with Gasteiger partial charge in [-0.1, -0.05) is 49.2 Å². The van der Waals surface area contributed by atoms with Crippen molar-refractivity contribution in [2.45, 2.75) is 50.5 Å². The maximum Gasteiger partial charge on any atom is 0.251 e. The van der Waals surface area contributed by atoms with Crippen LogP contribution in [0.5, 0.6) is 0 Å². The van der Waals surface area contributed by atoms with Crippen molar-refractivity contribution in [1.82, 2.24) is 14.9 Å². The minimum atomic E-state index is -3.77. The number of aryl methyl sites for hydroxylation is 1. The summed E-state index contributed by atoms with van der Waals surface area (Å²) in [5.41, 5.74) is 1.80. The molecule has 2 amide bonds. The summed E-state index contributed by atoms with van der Waals surface area (Å²) in [4.78, 5) is 27.0. The molecule has 7 nitrogen and oxygen atoms in total. The van der Waals surface area contributed by atoms with E-state index in [-0.39, 0.29) is 41.8 Å². The number of sulfonamides is 1. The second-order valence-corrected chi connectivity index (χ2v) is 9.85. The van der Waals surface area contributed by atoms with Gasteiger partial charge in [-0.2, -0.15) is 0 Å². The molecule has 0 bridgehead atoms. The number of nitrogens with one attached hydrogen (secondary N) is 2. The number of carbonyl (C=O) groups is 2. The first kappa shape index (κ1) is 23.9. The third-order valence-corrected chi connectivity index (χ3v) is 7.06. The molecule has 2 aromatic rings. The van der Waals surface area contributed by atoms with Gasteiger partial charge in [-0.05, 0) is 43.0 Å². The molecule has 2 aromatic carbocycles. The molecule has 1 aliphatic rings. The zero-order valence-electron chi connectivity index (χ0n) is 18.5. The van der Waals surface area contributed by atoms with E-state index < -0.39 is 10.0 Å². The van der Waals surface area contributed by atoms with Crippen molar-refractivity contribution in [3.8, 4) is 0 Å². The molecule has 172 valence electrons. The Balaban J connectivity index is 1.59. The van der Waals surface area contributed by atoms with Crippen LogP contribution in [-0.4, -0.2) is 44.8 Å². The Morgan fingerprint density at radius 3 is 2.34 bits per heavy atom. The Morgan fingerprint density at radius 1 is 0.969 bits per heavy atom. The van der Waals surface area contributed by atoms with E-state index in [2.05, 4.69) is 10.0 Å². The lowest BCUT2D eigenvalue weighted by Crippen LogP contribution is -2.35. The normalized spacial score (nSPS) is 14.6. The fraction of sp³-hybridized carbons (Fsp3) is 0.417. The lowest BCUT2D eigenvalue weighted by molar-refractivity contribution is -0.131. The van der Waals surface area contributed by atoms with Crippen LogP contribution in [0.2, 0.25) is 0 Å². The SMILES string of the molecule is Cc1ccc(S(=O)(=O)NCc2ccccc2)cc1C(=O)NCCC(=O)N1CCCCCC1. The van der Waals surface area contributed by atoms with Gasteiger partial charge in [0.05, 0.1) is 4.90 Å². The molecule has 1 aliphatic heterocycles. The third kappa shape index (κ3) is 6.64. The van der Waals surface area contributed by atoms with E-state index in [1.54, 1.807) is 13.0 Å². The Hall–Kier alpha value is -2.71. The number of hydrogen-bond acceptors (Lipinski definition) is 4. The summed E-state index contributed by atoms with van der Waals surface area (Å²) >= 11 is 0. The molecule has 0 unspecified atom stereocenters. The largest absolute Gasteiger partial charge is 0.352 e. The van der Waals surface area contributed by atoms with Crippen LogP contribution in [0.1, 0.15) is 53.6 Å². The molecular weight excluding hydrogens is 426 g/mol. The second-order valence-electron chi connectivity index (χ2n) is 8.09. The van der Waals surface area contributed by atoms with Gasteiger partial charge in [0.1, 0.15) is 0 Å². The highest BCUT2D eigenvalue weighted by atomic mass is 32.2. The number of likely N-dealkylation sites (tertiary alicyclic amines) is 1. The summed E-state index contributed by atoms with van der Waals surface area (Å²) in [6.07, 6.45) is 4.59. The zero-order chi connectivity index (χ0) is 23.0. The van der Waals surface area contributed by atoms with Crippen molar-refractivity contribution < 1.29 is 18.0 Å². The van der Waals surface area contributed by atoms with Crippen molar-refractivity contribution >= 4 is 21.8 Å². The Morgan fingerprint density at radius 2 is 1.66 bits per heavy atom. The van der Waals surface area contributed by atoms with Crippen LogP contribution in [0.3, 0.4) is 0 Å². The van der Waals surface area contributed by atoms with Crippen LogP contribution >= 0.6 is 0 Å². The first-order valence-corrected chi connectivity index (χ1v) is 12.6. The van der Waals surface area contributed by atoms with Gasteiger partial charge in [0.2, 0.25) is 15.9 Å². The van der Waals surface area contributed by atoms with Crippen molar-refractivity contribution in [3.05, 3.63) is 65.2 Å². The maximum absolute atomic E-state index is 12.7. The molecule has 0 atom stereocenters. The molecule has 0 radical (unpaired) electrons. The van der Waals surface area contributed by atoms with E-state index in [0.717, 1.165) is 44.3 Å². The summed E-state index contributed by atoms with van der Waals surface area (Å²) in [6.45, 7) is 3.70. The van der Waals surface area contributed by atoms with Gasteiger partial charge in [-0.3, -0.25) is 9.59 Å². The number of rotatable bonds is 8. The monoisotopic (exact) mass is 457 g/mol. The van der Waals surface area contributed by atoms with Crippen LogP contribution in [0.15, 0.2) is 53.4 Å². The van der Waals surface area contributed by atoms with Gasteiger partial charge in [0, 0.05) is 38.2 Å². The van der Waals surface area contributed by atoms with E-state index in [4.69, 9.17) is 0 Å². The predicted octanol–water partition coefficient (Wildman–Crippen LogP) is 3.00. The fourth-order valence-electron chi connectivity index (χ4n) is 3.73. The van der Waals surface area contributed by atoms with E-state index in [1.807, 2.05) is 35.2 Å². The third-order valence-electron chi connectivity index (χ3n) is 5.66. The average Bonchev–Trinajstić information content (AvgIpc) is 3.08. The topological polar surface area (TPSA) is 95.6 Å². The van der Waals surface area contributed by atoms with Crippen LogP contribution in [-0.2, 0) is 21.4 Å². The number of amides is 2. The van der Waals surface area contributed by atoms with Crippen LogP contribution < -0.4 is 10.0 Å². The number of benzene rings is 2. The molecule has 8 heteroatoms. The summed E-state index contributed by atoms with van der Waals surface area (Å²) in [5, 5.41) is 2.76. The maximum atomic E-state index is 12.7. The number of nitrogens with zero attached hydrogens (tertiary/aromatic N) is 1. The van der Waals surface area contributed by atoms with Crippen molar-refractivity contribution in [1.29, 1.82) is 0 Å². The second kappa shape index (κ2) is 11.2. The van der Waals surface area contributed by atoms with Gasteiger partial charge < -0.3 is 10.2 Å². The molecule has 3 rings (SSSR count). The highest BCUT2D eigenvalue weighted by molar-refractivity contribution is 7.89. The Bertz CT molecular complexity index is 1030. The zero-order valence-corrected chi connectivity index (χ0v) is 19.3. The minimum absolute atomic E-state index is 0.0322. The van der Waals surface area contributed by atoms with E-state index in [9.17, 15) is 18.0 Å². The van der Waals surface area contributed by atoms with Crippen LogP contribution in [0, 0.1) is 6.92 Å². The van der Waals surface area contributed by atoms with E-state index in [0.29, 0.717) is 5.56 Å². The lowest BCUT2D eigenvalue weighted by Gasteiger charge is -2.20. The van der Waals surface area contributed by atoms with Gasteiger partial charge in [0.25, 0.3) is 5.91 Å². The summed E-state index contributed by atoms with van der Waals surface area (Å²) < 4.78 is 28.0. The lowest BCUT2D eigenvalue weighted by atomic mass is 10.1. The molecule has 2 N–H and O–H groups in total. The summed E-state index contributed by atoms with van der Waals surface area (Å²) in [7, 11) is -3.77. The van der Waals surface area contributed by atoms with E-state index >= 15 is 0 Å². The molecule has 1 heterocycles. The molecule has 1 fully saturated rings. The molecular formula is C24H31N3O4S. The van der Waals surface area contributed by atoms with Gasteiger partial charge in [0.15, 0.2) is 0 Å². The van der Waals surface area contributed by atoms with Crippen molar-refractivity contribution in [3.63, 3.8) is 0 Å². The Labute approximate surface area is 190 Å². The minimum Gasteiger partial charge on any atom is -0.352 e. The molecule has 0 spiro atoms. The smallest absolute Gasteiger partial charge is 0.251 e. The first-order valence-electron chi connectivity index (χ1n) is 11.1. The number of hydrogen-bond donors (Lipinski definition) is 2. The van der Waals surface area contributed by atoms with Crippen molar-refractivity contribution in [2.75, 3.05) is 19.6 Å². The van der Waals surface area contributed by atoms with Gasteiger partial charge in [-0.15, -0.1) is 0 Å². The highest BCUT2D eigenvalue weighted by Gasteiger charge is 2.19. The predicted molar refractivity (Wildman–Crippen MR) is 124 cm³/mol. The van der Waals surface area contributed by atoms with Gasteiger partial charge in [-0.25, -0.2) is 13.1 Å². The fourth-order valence-corrected chi connectivity index (χ4v) is 4.77. The van der Waals surface area contributed by atoms with Crippen LogP contribution in [0.25, 0.3) is 0 Å². The summed E-state index contributed by atoms with van der Waals surface area (Å²) in [6, 6.07) is 13.7. The standard InChI is InChI=1S/C24H31N3O4S/c1-19-11-12-21(32(30,31)26-18-20-9-5-4-6-10-20)17-22(19)24(29)25-14-13-23(28)27-15-7-2-3-8-16-27/h4-6,9-12,17,26H,2-3,7-8,13-16,18H2,1H3,(H,25,29). The molecule has 32 heavy (non-hydrogen) atoms. The molecule has 0 saturated carbocycles. The number of carbonyl (C=O) groups excluding carboxylic acids is 2. The molecule has 0 aliphatic carbocycles. The average molecular weight is 458 g/mol. The van der Waals surface area contributed by atoms with Crippen molar-refractivity contribution in [2.24, 2.45) is 0 Å². The molecule has 0 aromatic heterocycles. The van der Waals surface area contributed by atoms with E-state index in [1.165, 1.54) is 12.1 Å². The van der Waals surface area contributed by atoms with Gasteiger partial charge >= 0.3 is 0 Å². The molecule has 1 saturated heterocycles. The van der Waals surface area contributed by atoms with Crippen LogP contribution in [0.4, 0.5) is 0 Å². The first-order chi connectivity index (χ1) is 15.4. The highest BCUT2D eigenvalue weighted by Crippen LogP contribution is 2.16. The Kier molecular flexibility index (Phi) is 8.41. The quantitative estimate of drug-likeness (QED) is 0.637. The summed E-state index contributed by atoms with van der Waals surface area (Å²) in [5.74, 6) is -0.336.